The average Bonchev–Trinajstić information content (AvgIpc) is 2.51. The van der Waals surface area contributed by atoms with Crippen LogP contribution in [-0.2, 0) is 6.42 Å². The fourth-order valence-corrected chi connectivity index (χ4v) is 2.16. The second-order valence-corrected chi connectivity index (χ2v) is 5.18. The molecule has 1 N–H and O–H groups in total. The molecule has 0 heterocycles. The molecule has 0 saturated carbocycles. The van der Waals surface area contributed by atoms with Gasteiger partial charge in [0.15, 0.2) is 5.96 Å². The molecule has 0 unspecified atom stereocenters. The number of hydrogen-bond acceptors (Lipinski definition) is 1. The van der Waals surface area contributed by atoms with E-state index in [1.54, 1.807) is 0 Å². The maximum Gasteiger partial charge on any atom is 0.193 e. The fraction of sp³-hybridized carbons (Fsp3) is 0.500. The van der Waals surface area contributed by atoms with Gasteiger partial charge in [0.1, 0.15) is 0 Å². The molecule has 0 aliphatic carbocycles. The van der Waals surface area contributed by atoms with Gasteiger partial charge in [-0.1, -0.05) is 36.4 Å². The molecular formula is C18H29N3. The van der Waals surface area contributed by atoms with Crippen LogP contribution in [0.5, 0.6) is 0 Å². The Morgan fingerprint density at radius 1 is 1.29 bits per heavy atom. The van der Waals surface area contributed by atoms with E-state index in [4.69, 9.17) is 4.99 Å². The molecule has 0 aliphatic rings. The van der Waals surface area contributed by atoms with Gasteiger partial charge in [0.2, 0.25) is 0 Å². The first-order valence-electron chi connectivity index (χ1n) is 7.92. The van der Waals surface area contributed by atoms with Gasteiger partial charge in [0.25, 0.3) is 0 Å². The van der Waals surface area contributed by atoms with Crippen LogP contribution in [-0.4, -0.2) is 37.5 Å². The highest BCUT2D eigenvalue weighted by Crippen LogP contribution is 2.02. The molecule has 3 nitrogen and oxygen atoms in total. The molecule has 1 aromatic rings. The van der Waals surface area contributed by atoms with Crippen molar-refractivity contribution >= 4 is 5.96 Å². The lowest BCUT2D eigenvalue weighted by Crippen LogP contribution is -2.39. The molecule has 0 fully saturated rings. The van der Waals surface area contributed by atoms with E-state index in [2.05, 4.69) is 61.1 Å². The van der Waals surface area contributed by atoms with Crippen molar-refractivity contribution in [2.45, 2.75) is 32.6 Å². The summed E-state index contributed by atoms with van der Waals surface area (Å²) in [6, 6.07) is 10.6. The Hall–Kier alpha value is -1.77. The van der Waals surface area contributed by atoms with Gasteiger partial charge in [-0.05, 0) is 38.2 Å². The first kappa shape index (κ1) is 17.3. The Bertz CT molecular complexity index is 412. The number of hydrogen-bond donors (Lipinski definition) is 1. The van der Waals surface area contributed by atoms with Gasteiger partial charge in [-0.15, -0.1) is 6.58 Å². The summed E-state index contributed by atoms with van der Waals surface area (Å²) in [7, 11) is 2.10. The quantitative estimate of drug-likeness (QED) is 0.326. The fourth-order valence-electron chi connectivity index (χ4n) is 2.16. The predicted octanol–water partition coefficient (Wildman–Crippen LogP) is 3.48. The van der Waals surface area contributed by atoms with Crippen molar-refractivity contribution in [2.75, 3.05) is 26.7 Å². The Kier molecular flexibility index (Phi) is 9.01. The second-order valence-electron chi connectivity index (χ2n) is 5.18. The Morgan fingerprint density at radius 3 is 2.71 bits per heavy atom. The SMILES string of the molecule is C=CCCCN(C)C(=NCCCc1ccccc1)NCC. The summed E-state index contributed by atoms with van der Waals surface area (Å²) >= 11 is 0. The minimum Gasteiger partial charge on any atom is -0.357 e. The van der Waals surface area contributed by atoms with E-state index in [1.807, 2.05) is 6.08 Å². The van der Waals surface area contributed by atoms with E-state index >= 15 is 0 Å². The normalized spacial score (nSPS) is 11.2. The highest BCUT2D eigenvalue weighted by molar-refractivity contribution is 5.79. The third-order valence-corrected chi connectivity index (χ3v) is 3.33. The van der Waals surface area contributed by atoms with Crippen LogP contribution in [0.1, 0.15) is 31.7 Å². The standard InChI is InChI=1S/C18H29N3/c1-4-6-10-16-21(3)18(19-5-2)20-15-11-14-17-12-8-7-9-13-17/h4,7-9,12-13H,1,5-6,10-11,14-16H2,2-3H3,(H,19,20). The molecule has 21 heavy (non-hydrogen) atoms. The number of aliphatic imine (C=N–C) groups is 1. The van der Waals surface area contributed by atoms with Crippen molar-refractivity contribution in [2.24, 2.45) is 4.99 Å². The molecule has 0 aromatic heterocycles. The summed E-state index contributed by atoms with van der Waals surface area (Å²) in [5.74, 6) is 1.01. The number of nitrogens with one attached hydrogen (secondary N) is 1. The van der Waals surface area contributed by atoms with Gasteiger partial charge in [0.05, 0.1) is 0 Å². The number of benzene rings is 1. The van der Waals surface area contributed by atoms with Crippen molar-refractivity contribution in [1.82, 2.24) is 10.2 Å². The zero-order valence-corrected chi connectivity index (χ0v) is 13.5. The Morgan fingerprint density at radius 2 is 2.05 bits per heavy atom. The van der Waals surface area contributed by atoms with Crippen LogP contribution >= 0.6 is 0 Å². The first-order valence-corrected chi connectivity index (χ1v) is 7.92. The molecule has 0 atom stereocenters. The summed E-state index contributed by atoms with van der Waals surface area (Å²) in [6.07, 6.45) is 6.31. The summed E-state index contributed by atoms with van der Waals surface area (Å²) in [5.41, 5.74) is 1.39. The van der Waals surface area contributed by atoms with E-state index in [-0.39, 0.29) is 0 Å². The van der Waals surface area contributed by atoms with Gasteiger partial charge in [0, 0.05) is 26.7 Å². The molecule has 0 aliphatic heterocycles. The maximum atomic E-state index is 4.71. The second kappa shape index (κ2) is 11.0. The van der Waals surface area contributed by atoms with E-state index in [0.717, 1.165) is 51.3 Å². The topological polar surface area (TPSA) is 27.6 Å². The Labute approximate surface area is 129 Å². The third kappa shape index (κ3) is 7.54. The maximum absolute atomic E-state index is 4.71. The molecule has 0 amide bonds. The van der Waals surface area contributed by atoms with Gasteiger partial charge in [-0.3, -0.25) is 4.99 Å². The van der Waals surface area contributed by atoms with Gasteiger partial charge in [-0.2, -0.15) is 0 Å². The van der Waals surface area contributed by atoms with Crippen LogP contribution in [0.15, 0.2) is 48.0 Å². The number of nitrogens with zero attached hydrogens (tertiary/aromatic N) is 2. The number of allylic oxidation sites excluding steroid dienone is 1. The number of unbranched alkanes of at least 4 members (excludes halogenated alkanes) is 1. The third-order valence-electron chi connectivity index (χ3n) is 3.33. The molecule has 0 saturated heterocycles. The highest BCUT2D eigenvalue weighted by atomic mass is 15.3. The summed E-state index contributed by atoms with van der Waals surface area (Å²) in [6.45, 7) is 8.65. The summed E-state index contributed by atoms with van der Waals surface area (Å²) < 4.78 is 0. The number of guanidine groups is 1. The Balaban J connectivity index is 2.38. The average molecular weight is 287 g/mol. The summed E-state index contributed by atoms with van der Waals surface area (Å²) in [4.78, 5) is 6.92. The molecule has 0 radical (unpaired) electrons. The van der Waals surface area contributed by atoms with Gasteiger partial charge < -0.3 is 10.2 Å². The van der Waals surface area contributed by atoms with Crippen LogP contribution in [0.4, 0.5) is 0 Å². The van der Waals surface area contributed by atoms with Crippen molar-refractivity contribution in [3.8, 4) is 0 Å². The van der Waals surface area contributed by atoms with Crippen molar-refractivity contribution < 1.29 is 0 Å². The molecule has 1 aromatic carbocycles. The van der Waals surface area contributed by atoms with Crippen molar-refractivity contribution in [1.29, 1.82) is 0 Å². The molecule has 116 valence electrons. The zero-order chi connectivity index (χ0) is 15.3. The molecule has 0 spiro atoms. The lowest BCUT2D eigenvalue weighted by Gasteiger charge is -2.21. The largest absolute Gasteiger partial charge is 0.357 e. The van der Waals surface area contributed by atoms with Crippen LogP contribution in [0.2, 0.25) is 0 Å². The van der Waals surface area contributed by atoms with Crippen molar-refractivity contribution in [3.05, 3.63) is 48.6 Å². The van der Waals surface area contributed by atoms with Crippen LogP contribution in [0.25, 0.3) is 0 Å². The summed E-state index contributed by atoms with van der Waals surface area (Å²) in [5, 5.41) is 3.36. The molecule has 1 rings (SSSR count). The minimum atomic E-state index is 0.864. The number of rotatable bonds is 9. The smallest absolute Gasteiger partial charge is 0.193 e. The minimum absolute atomic E-state index is 0.864. The van der Waals surface area contributed by atoms with Crippen LogP contribution in [0, 0.1) is 0 Å². The lowest BCUT2D eigenvalue weighted by atomic mass is 10.1. The first-order chi connectivity index (χ1) is 10.3. The number of aryl methyl sites for hydroxylation is 1. The molecule has 3 heteroatoms. The molecule has 0 bridgehead atoms. The van der Waals surface area contributed by atoms with Gasteiger partial charge in [-0.25, -0.2) is 0 Å². The highest BCUT2D eigenvalue weighted by Gasteiger charge is 2.04. The molecular weight excluding hydrogens is 258 g/mol. The van der Waals surface area contributed by atoms with E-state index < -0.39 is 0 Å². The van der Waals surface area contributed by atoms with E-state index in [9.17, 15) is 0 Å². The zero-order valence-electron chi connectivity index (χ0n) is 13.5. The van der Waals surface area contributed by atoms with E-state index in [1.165, 1.54) is 5.56 Å². The monoisotopic (exact) mass is 287 g/mol. The van der Waals surface area contributed by atoms with Crippen molar-refractivity contribution in [3.63, 3.8) is 0 Å². The van der Waals surface area contributed by atoms with Gasteiger partial charge >= 0.3 is 0 Å². The van der Waals surface area contributed by atoms with Crippen LogP contribution < -0.4 is 5.32 Å². The lowest BCUT2D eigenvalue weighted by molar-refractivity contribution is 0.470. The van der Waals surface area contributed by atoms with Crippen LogP contribution in [0.3, 0.4) is 0 Å². The predicted molar refractivity (Wildman–Crippen MR) is 92.8 cm³/mol. The van der Waals surface area contributed by atoms with E-state index in [0.29, 0.717) is 0 Å².